The topological polar surface area (TPSA) is 38.7 Å². The van der Waals surface area contributed by atoms with Gasteiger partial charge in [0.2, 0.25) is 0 Å². The van der Waals surface area contributed by atoms with E-state index in [0.29, 0.717) is 25.2 Å². The SMILES string of the molecule is CCCC(=O)CCCON=C(C)C. The molecular formula is C10H19NO2. The van der Waals surface area contributed by atoms with Gasteiger partial charge in [0.15, 0.2) is 0 Å². The third-order valence-corrected chi connectivity index (χ3v) is 1.47. The summed E-state index contributed by atoms with van der Waals surface area (Å²) >= 11 is 0. The molecule has 0 N–H and O–H groups in total. The van der Waals surface area contributed by atoms with E-state index in [-0.39, 0.29) is 0 Å². The number of nitrogens with zero attached hydrogens (tertiary/aromatic N) is 1. The Morgan fingerprint density at radius 1 is 1.31 bits per heavy atom. The molecular weight excluding hydrogens is 166 g/mol. The van der Waals surface area contributed by atoms with E-state index in [1.165, 1.54) is 0 Å². The second-order valence-corrected chi connectivity index (χ2v) is 3.26. The molecule has 3 heteroatoms. The normalized spacial score (nSPS) is 9.46. The molecule has 0 aromatic rings. The number of hydrogen-bond donors (Lipinski definition) is 0. The van der Waals surface area contributed by atoms with Crippen LogP contribution < -0.4 is 0 Å². The van der Waals surface area contributed by atoms with Crippen LogP contribution in [0.3, 0.4) is 0 Å². The number of rotatable bonds is 7. The van der Waals surface area contributed by atoms with E-state index >= 15 is 0 Å². The van der Waals surface area contributed by atoms with Crippen LogP contribution in [0.15, 0.2) is 5.16 Å². The molecule has 0 fully saturated rings. The first kappa shape index (κ1) is 12.1. The van der Waals surface area contributed by atoms with Crippen molar-refractivity contribution in [2.24, 2.45) is 5.16 Å². The van der Waals surface area contributed by atoms with Crippen molar-refractivity contribution in [1.82, 2.24) is 0 Å². The Bertz CT molecular complexity index is 172. The van der Waals surface area contributed by atoms with Crippen LogP contribution in [0.25, 0.3) is 0 Å². The highest BCUT2D eigenvalue weighted by atomic mass is 16.6. The lowest BCUT2D eigenvalue weighted by molar-refractivity contribution is -0.119. The first-order valence-electron chi connectivity index (χ1n) is 4.81. The van der Waals surface area contributed by atoms with Gasteiger partial charge < -0.3 is 4.84 Å². The molecule has 0 aromatic heterocycles. The van der Waals surface area contributed by atoms with Crippen LogP contribution in [-0.4, -0.2) is 18.1 Å². The van der Waals surface area contributed by atoms with E-state index < -0.39 is 0 Å². The predicted octanol–water partition coefficient (Wildman–Crippen LogP) is 2.55. The molecule has 0 radical (unpaired) electrons. The highest BCUT2D eigenvalue weighted by molar-refractivity contribution is 5.78. The van der Waals surface area contributed by atoms with Crippen LogP contribution in [0, 0.1) is 0 Å². The van der Waals surface area contributed by atoms with Gasteiger partial charge in [-0.3, -0.25) is 4.79 Å². The molecule has 0 bridgehead atoms. The minimum atomic E-state index is 0.323. The number of hydrogen-bond acceptors (Lipinski definition) is 3. The molecule has 0 atom stereocenters. The largest absolute Gasteiger partial charge is 0.396 e. The summed E-state index contributed by atoms with van der Waals surface area (Å²) < 4.78 is 0. The van der Waals surface area contributed by atoms with Crippen molar-refractivity contribution in [3.63, 3.8) is 0 Å². The number of Topliss-reactive ketones (excluding diaryl/α,β-unsaturated/α-hetero) is 1. The molecule has 13 heavy (non-hydrogen) atoms. The summed E-state index contributed by atoms with van der Waals surface area (Å²) in [4.78, 5) is 16.0. The monoisotopic (exact) mass is 185 g/mol. The van der Waals surface area contributed by atoms with Crippen molar-refractivity contribution in [3.05, 3.63) is 0 Å². The summed E-state index contributed by atoms with van der Waals surface area (Å²) in [7, 11) is 0. The van der Waals surface area contributed by atoms with Crippen molar-refractivity contribution in [1.29, 1.82) is 0 Å². The van der Waals surface area contributed by atoms with E-state index in [1.807, 2.05) is 20.8 Å². The molecule has 0 aliphatic heterocycles. The zero-order valence-corrected chi connectivity index (χ0v) is 8.80. The smallest absolute Gasteiger partial charge is 0.133 e. The van der Waals surface area contributed by atoms with E-state index in [1.54, 1.807) is 0 Å². The maximum absolute atomic E-state index is 11.0. The van der Waals surface area contributed by atoms with Gasteiger partial charge in [0.25, 0.3) is 0 Å². The van der Waals surface area contributed by atoms with Gasteiger partial charge in [-0.1, -0.05) is 12.1 Å². The summed E-state index contributed by atoms with van der Waals surface area (Å²) in [5, 5.41) is 3.77. The minimum Gasteiger partial charge on any atom is -0.396 e. The second kappa shape index (κ2) is 7.77. The number of carbonyl (C=O) groups is 1. The Hall–Kier alpha value is -0.860. The van der Waals surface area contributed by atoms with Gasteiger partial charge in [-0.05, 0) is 26.7 Å². The summed E-state index contributed by atoms with van der Waals surface area (Å²) in [6.07, 6.45) is 3.02. The van der Waals surface area contributed by atoms with E-state index in [9.17, 15) is 4.79 Å². The lowest BCUT2D eigenvalue weighted by Gasteiger charge is -1.99. The van der Waals surface area contributed by atoms with Crippen LogP contribution in [0.2, 0.25) is 0 Å². The summed E-state index contributed by atoms with van der Waals surface area (Å²) in [6.45, 7) is 6.31. The molecule has 3 nitrogen and oxygen atoms in total. The van der Waals surface area contributed by atoms with E-state index in [4.69, 9.17) is 4.84 Å². The van der Waals surface area contributed by atoms with Crippen LogP contribution in [0.1, 0.15) is 46.5 Å². The van der Waals surface area contributed by atoms with Crippen molar-refractivity contribution in [3.8, 4) is 0 Å². The zero-order valence-electron chi connectivity index (χ0n) is 8.80. The van der Waals surface area contributed by atoms with Gasteiger partial charge in [0, 0.05) is 12.8 Å². The average molecular weight is 185 g/mol. The maximum atomic E-state index is 11.0. The van der Waals surface area contributed by atoms with E-state index in [0.717, 1.165) is 18.6 Å². The quantitative estimate of drug-likeness (QED) is 0.347. The van der Waals surface area contributed by atoms with Crippen LogP contribution >= 0.6 is 0 Å². The highest BCUT2D eigenvalue weighted by Crippen LogP contribution is 1.98. The van der Waals surface area contributed by atoms with Gasteiger partial charge in [0.1, 0.15) is 12.4 Å². The van der Waals surface area contributed by atoms with Crippen LogP contribution in [0.4, 0.5) is 0 Å². The van der Waals surface area contributed by atoms with Crippen molar-refractivity contribution in [2.75, 3.05) is 6.61 Å². The van der Waals surface area contributed by atoms with Gasteiger partial charge >= 0.3 is 0 Å². The molecule has 0 rings (SSSR count). The van der Waals surface area contributed by atoms with Gasteiger partial charge in [-0.25, -0.2) is 0 Å². The van der Waals surface area contributed by atoms with E-state index in [2.05, 4.69) is 5.16 Å². The zero-order chi connectivity index (χ0) is 10.1. The lowest BCUT2D eigenvalue weighted by atomic mass is 10.1. The third-order valence-electron chi connectivity index (χ3n) is 1.47. The Labute approximate surface area is 80.1 Å². The molecule has 0 unspecified atom stereocenters. The minimum absolute atomic E-state index is 0.323. The Morgan fingerprint density at radius 3 is 2.54 bits per heavy atom. The molecule has 0 aromatic carbocycles. The molecule has 0 spiro atoms. The second-order valence-electron chi connectivity index (χ2n) is 3.26. The Kier molecular flexibility index (Phi) is 7.26. The molecule has 0 heterocycles. The number of ketones is 1. The Morgan fingerprint density at radius 2 is 2.00 bits per heavy atom. The highest BCUT2D eigenvalue weighted by Gasteiger charge is 1.99. The number of oxime groups is 1. The molecule has 0 saturated carbocycles. The van der Waals surface area contributed by atoms with Crippen LogP contribution in [0.5, 0.6) is 0 Å². The molecule has 0 aliphatic rings. The first-order valence-corrected chi connectivity index (χ1v) is 4.81. The van der Waals surface area contributed by atoms with Crippen LogP contribution in [-0.2, 0) is 9.63 Å². The van der Waals surface area contributed by atoms with Crippen molar-refractivity contribution in [2.45, 2.75) is 46.5 Å². The lowest BCUT2D eigenvalue weighted by Crippen LogP contribution is -1.99. The molecule has 0 amide bonds. The van der Waals surface area contributed by atoms with Crippen molar-refractivity contribution < 1.29 is 9.63 Å². The molecule has 76 valence electrons. The first-order chi connectivity index (χ1) is 6.16. The molecule has 0 saturated heterocycles. The van der Waals surface area contributed by atoms with Gasteiger partial charge in [-0.15, -0.1) is 0 Å². The fraction of sp³-hybridized carbons (Fsp3) is 0.800. The number of carbonyl (C=O) groups excluding carboxylic acids is 1. The van der Waals surface area contributed by atoms with Gasteiger partial charge in [-0.2, -0.15) is 0 Å². The maximum Gasteiger partial charge on any atom is 0.133 e. The third kappa shape index (κ3) is 9.05. The fourth-order valence-corrected chi connectivity index (χ4v) is 0.912. The summed E-state index contributed by atoms with van der Waals surface area (Å²) in [5.74, 6) is 0.323. The fourth-order valence-electron chi connectivity index (χ4n) is 0.912. The predicted molar refractivity (Wildman–Crippen MR) is 53.9 cm³/mol. The average Bonchev–Trinajstić information content (AvgIpc) is 2.03. The summed E-state index contributed by atoms with van der Waals surface area (Å²) in [6, 6.07) is 0. The standard InChI is InChI=1S/C10H19NO2/c1-4-6-10(12)7-5-8-13-11-9(2)3/h4-8H2,1-3H3. The van der Waals surface area contributed by atoms with Crippen molar-refractivity contribution >= 4 is 11.5 Å². The summed E-state index contributed by atoms with van der Waals surface area (Å²) in [5.41, 5.74) is 0.903. The molecule has 0 aliphatic carbocycles. The van der Waals surface area contributed by atoms with Gasteiger partial charge in [0.05, 0.1) is 5.71 Å². The Balaban J connectivity index is 3.26.